The molecule has 0 heterocycles. The van der Waals surface area contributed by atoms with E-state index in [2.05, 4.69) is 28.8 Å². The number of benzene rings is 3. The van der Waals surface area contributed by atoms with Gasteiger partial charge in [-0.1, -0.05) is 36.4 Å². The van der Waals surface area contributed by atoms with E-state index >= 15 is 0 Å². The van der Waals surface area contributed by atoms with Crippen LogP contribution in [0.2, 0.25) is 0 Å². The average molecular weight is 347 g/mol. The molecule has 26 heavy (non-hydrogen) atoms. The lowest BCUT2D eigenvalue weighted by molar-refractivity contribution is -0.114. The lowest BCUT2D eigenvalue weighted by Gasteiger charge is -2.19. The summed E-state index contributed by atoms with van der Waals surface area (Å²) in [5, 5.41) is 7.71. The van der Waals surface area contributed by atoms with Crippen molar-refractivity contribution in [2.24, 2.45) is 0 Å². The molecule has 0 saturated heterocycles. The summed E-state index contributed by atoms with van der Waals surface area (Å²) in [6.45, 7) is 0.211. The third-order valence-corrected chi connectivity index (χ3v) is 4.19. The molecule has 5 nitrogen and oxygen atoms in total. The number of nitrogens with one attached hydrogen (secondary N) is 2. The molecule has 0 aliphatic carbocycles. The van der Waals surface area contributed by atoms with Gasteiger partial charge in [0.2, 0.25) is 5.91 Å². The molecule has 3 aromatic rings. The van der Waals surface area contributed by atoms with Crippen LogP contribution in [0.3, 0.4) is 0 Å². The van der Waals surface area contributed by atoms with Crippen LogP contribution in [-0.4, -0.2) is 32.5 Å². The van der Waals surface area contributed by atoms with Gasteiger partial charge in [-0.25, -0.2) is 0 Å². The van der Waals surface area contributed by atoms with E-state index in [1.807, 2.05) is 36.2 Å². The molecule has 2 N–H and O–H groups in total. The molecule has 132 valence electrons. The molecule has 0 atom stereocenters. The Morgan fingerprint density at radius 3 is 2.46 bits per heavy atom. The third-order valence-electron chi connectivity index (χ3n) is 4.19. The van der Waals surface area contributed by atoms with Gasteiger partial charge >= 0.3 is 0 Å². The maximum Gasteiger partial charge on any atom is 0.251 e. The zero-order valence-corrected chi connectivity index (χ0v) is 14.8. The fourth-order valence-corrected chi connectivity index (χ4v) is 2.80. The Morgan fingerprint density at radius 1 is 0.923 bits per heavy atom. The summed E-state index contributed by atoms with van der Waals surface area (Å²) in [6.07, 6.45) is 0. The highest BCUT2D eigenvalue weighted by molar-refractivity contribution is 5.98. The minimum absolute atomic E-state index is 0.144. The van der Waals surface area contributed by atoms with E-state index in [9.17, 15) is 9.59 Å². The van der Waals surface area contributed by atoms with E-state index in [-0.39, 0.29) is 18.4 Å². The summed E-state index contributed by atoms with van der Waals surface area (Å²) in [7, 11) is 3.46. The van der Waals surface area contributed by atoms with Crippen LogP contribution in [0.25, 0.3) is 10.8 Å². The normalized spacial score (nSPS) is 10.4. The Labute approximate surface area is 152 Å². The molecule has 3 rings (SSSR count). The number of carbonyl (C=O) groups is 2. The maximum absolute atomic E-state index is 12.4. The van der Waals surface area contributed by atoms with Crippen molar-refractivity contribution in [3.8, 4) is 0 Å². The average Bonchev–Trinajstić information content (AvgIpc) is 2.67. The molecule has 0 unspecified atom stereocenters. The second kappa shape index (κ2) is 7.70. The molecule has 0 spiro atoms. The number of likely N-dealkylation sites (N-methyl/N-ethyl adjacent to an activating group) is 1. The van der Waals surface area contributed by atoms with Crippen molar-refractivity contribution in [2.75, 3.05) is 30.9 Å². The number of carbonyl (C=O) groups excluding carboxylic acids is 2. The number of hydrogen-bond acceptors (Lipinski definition) is 3. The molecule has 0 aliphatic rings. The van der Waals surface area contributed by atoms with Gasteiger partial charge in [0.25, 0.3) is 5.91 Å². The third kappa shape index (κ3) is 4.00. The first-order valence-corrected chi connectivity index (χ1v) is 8.39. The lowest BCUT2D eigenvalue weighted by atomic mass is 10.1. The van der Waals surface area contributed by atoms with Gasteiger partial charge < -0.3 is 15.5 Å². The van der Waals surface area contributed by atoms with Crippen LogP contribution >= 0.6 is 0 Å². The monoisotopic (exact) mass is 347 g/mol. The Hall–Kier alpha value is -3.34. The van der Waals surface area contributed by atoms with E-state index in [0.29, 0.717) is 11.3 Å². The molecule has 3 aromatic carbocycles. The van der Waals surface area contributed by atoms with Gasteiger partial charge in [-0.05, 0) is 41.1 Å². The van der Waals surface area contributed by atoms with Crippen molar-refractivity contribution >= 4 is 34.0 Å². The van der Waals surface area contributed by atoms with E-state index in [1.165, 1.54) is 5.39 Å². The van der Waals surface area contributed by atoms with Crippen molar-refractivity contribution in [3.63, 3.8) is 0 Å². The Balaban J connectivity index is 1.68. The summed E-state index contributed by atoms with van der Waals surface area (Å²) in [4.78, 5) is 25.9. The Bertz CT molecular complexity index is 953. The summed E-state index contributed by atoms with van der Waals surface area (Å²) in [5.74, 6) is -0.330. The first-order valence-electron chi connectivity index (χ1n) is 8.39. The minimum atomic E-state index is -0.186. The maximum atomic E-state index is 12.4. The predicted molar refractivity (Wildman–Crippen MR) is 106 cm³/mol. The summed E-state index contributed by atoms with van der Waals surface area (Å²) in [6, 6.07) is 21.1. The molecular formula is C21H21N3O2. The first-order chi connectivity index (χ1) is 12.6. The molecular weight excluding hydrogens is 326 g/mol. The van der Waals surface area contributed by atoms with Crippen molar-refractivity contribution in [1.29, 1.82) is 0 Å². The highest BCUT2D eigenvalue weighted by Crippen LogP contribution is 2.21. The summed E-state index contributed by atoms with van der Waals surface area (Å²) < 4.78 is 0. The molecule has 0 aromatic heterocycles. The fourth-order valence-electron chi connectivity index (χ4n) is 2.80. The highest BCUT2D eigenvalue weighted by atomic mass is 16.2. The number of anilines is 2. The van der Waals surface area contributed by atoms with Gasteiger partial charge in [-0.15, -0.1) is 0 Å². The van der Waals surface area contributed by atoms with Gasteiger partial charge in [-0.3, -0.25) is 9.59 Å². The molecule has 0 bridgehead atoms. The van der Waals surface area contributed by atoms with Gasteiger partial charge in [-0.2, -0.15) is 0 Å². The molecule has 5 heteroatoms. The smallest absolute Gasteiger partial charge is 0.251 e. The van der Waals surface area contributed by atoms with Crippen LogP contribution < -0.4 is 15.5 Å². The lowest BCUT2D eigenvalue weighted by Crippen LogP contribution is -2.30. The molecule has 2 amide bonds. The first kappa shape index (κ1) is 17.5. The number of fused-ring (bicyclic) bond motifs is 1. The Kier molecular flexibility index (Phi) is 5.17. The number of nitrogens with zero attached hydrogens (tertiary/aromatic N) is 1. The van der Waals surface area contributed by atoms with Crippen LogP contribution in [0.15, 0.2) is 66.7 Å². The van der Waals surface area contributed by atoms with Crippen molar-refractivity contribution in [1.82, 2.24) is 5.32 Å². The van der Waals surface area contributed by atoms with E-state index in [1.54, 1.807) is 31.3 Å². The van der Waals surface area contributed by atoms with E-state index < -0.39 is 0 Å². The largest absolute Gasteiger partial charge is 0.365 e. The van der Waals surface area contributed by atoms with Crippen molar-refractivity contribution in [2.45, 2.75) is 0 Å². The quantitative estimate of drug-likeness (QED) is 0.745. The second-order valence-corrected chi connectivity index (χ2v) is 6.10. The van der Waals surface area contributed by atoms with Crippen LogP contribution in [-0.2, 0) is 4.79 Å². The highest BCUT2D eigenvalue weighted by Gasteiger charge is 2.10. The predicted octanol–water partition coefficient (Wildman–Crippen LogP) is 3.27. The van der Waals surface area contributed by atoms with Crippen LogP contribution in [0.1, 0.15) is 10.4 Å². The van der Waals surface area contributed by atoms with E-state index in [0.717, 1.165) is 11.1 Å². The van der Waals surface area contributed by atoms with Crippen molar-refractivity contribution < 1.29 is 9.59 Å². The van der Waals surface area contributed by atoms with Crippen LogP contribution in [0.5, 0.6) is 0 Å². The number of rotatable bonds is 5. The zero-order valence-electron chi connectivity index (χ0n) is 14.8. The van der Waals surface area contributed by atoms with E-state index in [4.69, 9.17) is 0 Å². The molecule has 0 aliphatic heterocycles. The van der Waals surface area contributed by atoms with Crippen LogP contribution in [0, 0.1) is 0 Å². The minimum Gasteiger partial charge on any atom is -0.365 e. The fraction of sp³-hybridized carbons (Fsp3) is 0.143. The summed E-state index contributed by atoms with van der Waals surface area (Å²) in [5.41, 5.74) is 2.08. The van der Waals surface area contributed by atoms with Crippen LogP contribution in [0.4, 0.5) is 11.4 Å². The molecule has 0 saturated carbocycles. The van der Waals surface area contributed by atoms with Gasteiger partial charge in [0, 0.05) is 31.0 Å². The Morgan fingerprint density at radius 2 is 1.69 bits per heavy atom. The van der Waals surface area contributed by atoms with Gasteiger partial charge in [0.05, 0.1) is 6.54 Å². The van der Waals surface area contributed by atoms with Gasteiger partial charge in [0.15, 0.2) is 0 Å². The summed E-state index contributed by atoms with van der Waals surface area (Å²) >= 11 is 0. The van der Waals surface area contributed by atoms with Gasteiger partial charge in [0.1, 0.15) is 0 Å². The number of amides is 2. The second-order valence-electron chi connectivity index (χ2n) is 6.10. The SMILES string of the molecule is CNC(=O)c1cccc(NC(=O)CN(C)c2ccc3ccccc3c2)c1. The molecule has 0 fully saturated rings. The number of hydrogen-bond donors (Lipinski definition) is 2. The standard InChI is InChI=1S/C21H21N3O2/c1-22-21(26)17-8-5-9-18(12-17)23-20(25)14-24(2)19-11-10-15-6-3-4-7-16(15)13-19/h3-13H,14H2,1-2H3,(H,22,26)(H,23,25). The van der Waals surface area contributed by atoms with Crippen molar-refractivity contribution in [3.05, 3.63) is 72.3 Å². The zero-order chi connectivity index (χ0) is 18.5. The topological polar surface area (TPSA) is 61.4 Å². The molecule has 0 radical (unpaired) electrons.